The first-order valence-corrected chi connectivity index (χ1v) is 6.43. The summed E-state index contributed by atoms with van der Waals surface area (Å²) in [5.41, 5.74) is 1.28. The molecule has 0 saturated carbocycles. The molecule has 0 radical (unpaired) electrons. The second-order valence-electron chi connectivity index (χ2n) is 4.72. The van der Waals surface area contributed by atoms with Crippen molar-refractivity contribution in [3.8, 4) is 11.5 Å². The fourth-order valence-electron chi connectivity index (χ4n) is 1.80. The quantitative estimate of drug-likeness (QED) is 0.850. The van der Waals surface area contributed by atoms with Crippen molar-refractivity contribution in [1.29, 1.82) is 0 Å². The van der Waals surface area contributed by atoms with Gasteiger partial charge in [0.1, 0.15) is 5.69 Å². The van der Waals surface area contributed by atoms with Gasteiger partial charge >= 0.3 is 0 Å². The van der Waals surface area contributed by atoms with Crippen LogP contribution in [0, 0.1) is 0 Å². The zero-order chi connectivity index (χ0) is 14.0. The van der Waals surface area contributed by atoms with Crippen LogP contribution in [-0.4, -0.2) is 33.7 Å². The highest BCUT2D eigenvalue weighted by Crippen LogP contribution is 2.21. The van der Waals surface area contributed by atoms with E-state index < -0.39 is 0 Å². The monoisotopic (exact) mass is 261 g/mol. The van der Waals surface area contributed by atoms with Crippen LogP contribution in [0.5, 0.6) is 0 Å². The fraction of sp³-hybridized carbons (Fsp3) is 0.429. The van der Waals surface area contributed by atoms with Gasteiger partial charge < -0.3 is 9.32 Å². The van der Waals surface area contributed by atoms with Crippen molar-refractivity contribution in [3.05, 3.63) is 30.2 Å². The Kier molecular flexibility index (Phi) is 3.74. The molecule has 5 nitrogen and oxygen atoms in total. The SMILES string of the molecule is CCn1nc(C(=O)N(C)C(C)C)cc1-c1ccco1. The number of nitrogens with zero attached hydrogens (tertiary/aromatic N) is 3. The van der Waals surface area contributed by atoms with Crippen LogP contribution in [0.4, 0.5) is 0 Å². The zero-order valence-electron chi connectivity index (χ0n) is 11.8. The number of aryl methyl sites for hydroxylation is 1. The summed E-state index contributed by atoms with van der Waals surface area (Å²) < 4.78 is 7.16. The van der Waals surface area contributed by atoms with Gasteiger partial charge in [-0.15, -0.1) is 0 Å². The van der Waals surface area contributed by atoms with Gasteiger partial charge in [0.2, 0.25) is 0 Å². The summed E-state index contributed by atoms with van der Waals surface area (Å²) >= 11 is 0. The molecule has 0 atom stereocenters. The molecule has 0 unspecified atom stereocenters. The second-order valence-corrected chi connectivity index (χ2v) is 4.72. The molecule has 0 bridgehead atoms. The highest BCUT2D eigenvalue weighted by molar-refractivity contribution is 5.93. The van der Waals surface area contributed by atoms with Crippen LogP contribution in [-0.2, 0) is 6.54 Å². The first-order chi connectivity index (χ1) is 9.04. The lowest BCUT2D eigenvalue weighted by Crippen LogP contribution is -2.33. The first-order valence-electron chi connectivity index (χ1n) is 6.43. The molecule has 2 aromatic rings. The highest BCUT2D eigenvalue weighted by atomic mass is 16.3. The predicted molar refractivity (Wildman–Crippen MR) is 72.8 cm³/mol. The molecule has 2 aromatic heterocycles. The number of aromatic nitrogens is 2. The van der Waals surface area contributed by atoms with Gasteiger partial charge in [-0.3, -0.25) is 9.48 Å². The number of hydrogen-bond donors (Lipinski definition) is 0. The minimum absolute atomic E-state index is 0.0741. The first kappa shape index (κ1) is 13.4. The predicted octanol–water partition coefficient (Wildman–Crippen LogP) is 2.64. The topological polar surface area (TPSA) is 51.3 Å². The van der Waals surface area contributed by atoms with Crippen LogP contribution in [0.1, 0.15) is 31.3 Å². The summed E-state index contributed by atoms with van der Waals surface area (Å²) in [6.45, 7) is 6.62. The molecule has 0 fully saturated rings. The van der Waals surface area contributed by atoms with Crippen molar-refractivity contribution in [2.24, 2.45) is 0 Å². The zero-order valence-corrected chi connectivity index (χ0v) is 11.8. The van der Waals surface area contributed by atoms with Crippen molar-refractivity contribution in [2.75, 3.05) is 7.05 Å². The van der Waals surface area contributed by atoms with E-state index in [0.717, 1.165) is 11.5 Å². The molecule has 0 aliphatic carbocycles. The van der Waals surface area contributed by atoms with E-state index in [4.69, 9.17) is 4.42 Å². The molecule has 2 rings (SSSR count). The minimum atomic E-state index is -0.0741. The van der Waals surface area contributed by atoms with Crippen molar-refractivity contribution < 1.29 is 9.21 Å². The Morgan fingerprint density at radius 3 is 2.79 bits per heavy atom. The molecular formula is C14H19N3O2. The Morgan fingerprint density at radius 1 is 1.53 bits per heavy atom. The molecule has 19 heavy (non-hydrogen) atoms. The highest BCUT2D eigenvalue weighted by Gasteiger charge is 2.20. The average molecular weight is 261 g/mol. The van der Waals surface area contributed by atoms with E-state index in [1.165, 1.54) is 0 Å². The van der Waals surface area contributed by atoms with Crippen molar-refractivity contribution in [3.63, 3.8) is 0 Å². The number of carbonyl (C=O) groups excluding carboxylic acids is 1. The van der Waals surface area contributed by atoms with E-state index >= 15 is 0 Å². The largest absolute Gasteiger partial charge is 0.463 e. The Morgan fingerprint density at radius 2 is 2.26 bits per heavy atom. The van der Waals surface area contributed by atoms with Crippen LogP contribution in [0.2, 0.25) is 0 Å². The van der Waals surface area contributed by atoms with E-state index in [1.54, 1.807) is 29.0 Å². The fourth-order valence-corrected chi connectivity index (χ4v) is 1.80. The Labute approximate surface area is 112 Å². The maximum atomic E-state index is 12.3. The summed E-state index contributed by atoms with van der Waals surface area (Å²) in [5.74, 6) is 0.649. The lowest BCUT2D eigenvalue weighted by molar-refractivity contribution is 0.0748. The molecule has 0 saturated heterocycles. The summed E-state index contributed by atoms with van der Waals surface area (Å²) in [6, 6.07) is 5.61. The maximum absolute atomic E-state index is 12.3. The van der Waals surface area contributed by atoms with Gasteiger partial charge in [0, 0.05) is 25.7 Å². The van der Waals surface area contributed by atoms with Gasteiger partial charge in [0.15, 0.2) is 11.5 Å². The van der Waals surface area contributed by atoms with Gasteiger partial charge in [-0.2, -0.15) is 5.10 Å². The number of hydrogen-bond acceptors (Lipinski definition) is 3. The van der Waals surface area contributed by atoms with Crippen LogP contribution in [0.15, 0.2) is 28.9 Å². The van der Waals surface area contributed by atoms with E-state index in [-0.39, 0.29) is 11.9 Å². The van der Waals surface area contributed by atoms with Crippen molar-refractivity contribution >= 4 is 5.91 Å². The summed E-state index contributed by atoms with van der Waals surface area (Å²) in [7, 11) is 1.78. The summed E-state index contributed by atoms with van der Waals surface area (Å²) in [5, 5.41) is 4.35. The minimum Gasteiger partial charge on any atom is -0.463 e. The van der Waals surface area contributed by atoms with E-state index in [0.29, 0.717) is 12.2 Å². The van der Waals surface area contributed by atoms with Gasteiger partial charge in [-0.05, 0) is 32.9 Å². The van der Waals surface area contributed by atoms with Crippen LogP contribution in [0.25, 0.3) is 11.5 Å². The Hall–Kier alpha value is -2.04. The number of rotatable bonds is 4. The maximum Gasteiger partial charge on any atom is 0.274 e. The molecule has 0 aromatic carbocycles. The molecule has 0 N–H and O–H groups in total. The molecule has 2 heterocycles. The third-order valence-corrected chi connectivity index (χ3v) is 3.17. The van der Waals surface area contributed by atoms with Crippen molar-refractivity contribution in [2.45, 2.75) is 33.4 Å². The molecule has 0 aliphatic heterocycles. The van der Waals surface area contributed by atoms with Crippen LogP contribution >= 0.6 is 0 Å². The van der Waals surface area contributed by atoms with Crippen LogP contribution in [0.3, 0.4) is 0 Å². The number of amides is 1. The van der Waals surface area contributed by atoms with E-state index in [2.05, 4.69) is 5.10 Å². The number of furan rings is 1. The normalized spacial score (nSPS) is 11.0. The van der Waals surface area contributed by atoms with Gasteiger partial charge in [-0.25, -0.2) is 0 Å². The molecule has 102 valence electrons. The summed E-state index contributed by atoms with van der Waals surface area (Å²) in [6.07, 6.45) is 1.62. The molecule has 0 aliphatic rings. The third-order valence-electron chi connectivity index (χ3n) is 3.17. The average Bonchev–Trinajstić information content (AvgIpc) is 3.04. The van der Waals surface area contributed by atoms with Crippen LogP contribution < -0.4 is 0 Å². The molecule has 5 heteroatoms. The standard InChI is InChI=1S/C14H19N3O2/c1-5-17-12(13-7-6-8-19-13)9-11(15-17)14(18)16(4)10(2)3/h6-10H,5H2,1-4H3. The lowest BCUT2D eigenvalue weighted by Gasteiger charge is -2.19. The molecule has 0 spiro atoms. The van der Waals surface area contributed by atoms with Gasteiger partial charge in [0.25, 0.3) is 5.91 Å². The Balaban J connectivity index is 2.37. The lowest BCUT2D eigenvalue weighted by atomic mass is 10.2. The third kappa shape index (κ3) is 2.54. The van der Waals surface area contributed by atoms with E-state index in [1.807, 2.05) is 32.9 Å². The summed E-state index contributed by atoms with van der Waals surface area (Å²) in [4.78, 5) is 13.9. The smallest absolute Gasteiger partial charge is 0.274 e. The van der Waals surface area contributed by atoms with Crippen molar-refractivity contribution in [1.82, 2.24) is 14.7 Å². The number of carbonyl (C=O) groups is 1. The van der Waals surface area contributed by atoms with E-state index in [9.17, 15) is 4.79 Å². The molecule has 1 amide bonds. The van der Waals surface area contributed by atoms with Gasteiger partial charge in [-0.1, -0.05) is 0 Å². The molecular weight excluding hydrogens is 242 g/mol. The Bertz CT molecular complexity index is 555. The van der Waals surface area contributed by atoms with Gasteiger partial charge in [0.05, 0.1) is 6.26 Å². The second kappa shape index (κ2) is 5.30.